The van der Waals surface area contributed by atoms with E-state index in [1.807, 2.05) is 28.9 Å². The Balaban J connectivity index is 1.50. The summed E-state index contributed by atoms with van der Waals surface area (Å²) in [5, 5.41) is 3.21. The molecule has 21 heavy (non-hydrogen) atoms. The van der Waals surface area contributed by atoms with Crippen LogP contribution in [0.3, 0.4) is 0 Å². The number of fused-ring (bicyclic) bond motifs is 3. The van der Waals surface area contributed by atoms with Crippen molar-refractivity contribution in [2.75, 3.05) is 19.6 Å². The minimum atomic E-state index is 0.0516. The third kappa shape index (κ3) is 2.33. The molecule has 4 nitrogen and oxygen atoms in total. The summed E-state index contributed by atoms with van der Waals surface area (Å²) in [4.78, 5) is 14.9. The lowest BCUT2D eigenvalue weighted by molar-refractivity contribution is 0.0909. The van der Waals surface area contributed by atoms with E-state index in [-0.39, 0.29) is 5.91 Å². The number of nitrogens with one attached hydrogen (secondary N) is 1. The second-order valence-electron chi connectivity index (χ2n) is 6.53. The van der Waals surface area contributed by atoms with Gasteiger partial charge in [0.25, 0.3) is 5.91 Å². The molecule has 3 atom stereocenters. The van der Waals surface area contributed by atoms with Gasteiger partial charge in [0, 0.05) is 37.0 Å². The molecule has 4 heterocycles. The van der Waals surface area contributed by atoms with Crippen LogP contribution >= 0.6 is 0 Å². The number of carbonyl (C=O) groups excluding carboxylic acids is 1. The number of nitrogens with zero attached hydrogens (tertiary/aromatic N) is 2. The van der Waals surface area contributed by atoms with E-state index in [1.165, 1.54) is 25.1 Å². The fourth-order valence-corrected chi connectivity index (χ4v) is 3.82. The number of aromatic nitrogens is 1. The summed E-state index contributed by atoms with van der Waals surface area (Å²) >= 11 is 0. The smallest absolute Gasteiger partial charge is 0.253 e. The van der Waals surface area contributed by atoms with E-state index >= 15 is 0 Å². The maximum Gasteiger partial charge on any atom is 0.253 e. The predicted octanol–water partition coefficient (Wildman–Crippen LogP) is 2.07. The van der Waals surface area contributed by atoms with Crippen LogP contribution in [-0.4, -0.2) is 40.9 Å². The average Bonchev–Trinajstić information content (AvgIpc) is 3.02. The second kappa shape index (κ2) is 4.88. The van der Waals surface area contributed by atoms with Crippen molar-refractivity contribution in [2.24, 2.45) is 5.92 Å². The zero-order valence-corrected chi connectivity index (χ0v) is 12.4. The maximum atomic E-state index is 12.5. The fourth-order valence-electron chi connectivity index (χ4n) is 3.82. The molecule has 1 amide bonds. The van der Waals surface area contributed by atoms with Gasteiger partial charge >= 0.3 is 0 Å². The normalized spacial score (nSPS) is 28.0. The topological polar surface area (TPSA) is 36.8 Å². The van der Waals surface area contributed by atoms with Crippen molar-refractivity contribution in [1.82, 2.24) is 14.6 Å². The molecule has 1 N–H and O–H groups in total. The number of aryl methyl sites for hydroxylation is 1. The lowest BCUT2D eigenvalue weighted by Gasteiger charge is -2.30. The Bertz CT molecular complexity index is 678. The zero-order chi connectivity index (χ0) is 14.4. The van der Waals surface area contributed by atoms with E-state index in [0.717, 1.165) is 30.0 Å². The Labute approximate surface area is 124 Å². The van der Waals surface area contributed by atoms with Crippen LogP contribution in [0.15, 0.2) is 30.6 Å². The number of pyridine rings is 1. The average molecular weight is 283 g/mol. The summed E-state index contributed by atoms with van der Waals surface area (Å²) < 4.78 is 2.03. The largest absolute Gasteiger partial charge is 0.348 e. The Hall–Kier alpha value is -1.81. The summed E-state index contributed by atoms with van der Waals surface area (Å²) in [5.74, 6) is 0.828. The van der Waals surface area contributed by atoms with Crippen LogP contribution in [0.2, 0.25) is 0 Å². The molecule has 2 fully saturated rings. The second-order valence-corrected chi connectivity index (χ2v) is 6.53. The Kier molecular flexibility index (Phi) is 3.00. The number of carbonyl (C=O) groups is 1. The van der Waals surface area contributed by atoms with Gasteiger partial charge in [-0.2, -0.15) is 0 Å². The lowest BCUT2D eigenvalue weighted by atomic mass is 9.96. The van der Waals surface area contributed by atoms with Gasteiger partial charge in [-0.25, -0.2) is 0 Å². The fraction of sp³-hybridized carbons (Fsp3) is 0.471. The highest BCUT2D eigenvalue weighted by molar-refractivity contribution is 5.94. The van der Waals surface area contributed by atoms with Gasteiger partial charge in [0.1, 0.15) is 0 Å². The van der Waals surface area contributed by atoms with E-state index in [9.17, 15) is 4.79 Å². The van der Waals surface area contributed by atoms with Crippen LogP contribution < -0.4 is 5.32 Å². The molecule has 4 heteroatoms. The number of hydrogen-bond acceptors (Lipinski definition) is 2. The molecule has 2 aromatic rings. The Morgan fingerprint density at radius 3 is 3.05 bits per heavy atom. The third-order valence-corrected chi connectivity index (χ3v) is 4.93. The van der Waals surface area contributed by atoms with Crippen molar-refractivity contribution in [2.45, 2.75) is 25.8 Å². The summed E-state index contributed by atoms with van der Waals surface area (Å²) in [5.41, 5.74) is 3.14. The van der Waals surface area contributed by atoms with Crippen LogP contribution in [0, 0.1) is 12.8 Å². The molecule has 0 radical (unpaired) electrons. The lowest BCUT2D eigenvalue weighted by Crippen LogP contribution is -2.47. The van der Waals surface area contributed by atoms with Crippen molar-refractivity contribution in [3.63, 3.8) is 0 Å². The van der Waals surface area contributed by atoms with Crippen LogP contribution in [-0.2, 0) is 0 Å². The third-order valence-electron chi connectivity index (χ3n) is 4.93. The highest BCUT2D eigenvalue weighted by Gasteiger charge is 2.32. The Morgan fingerprint density at radius 1 is 1.29 bits per heavy atom. The van der Waals surface area contributed by atoms with Crippen molar-refractivity contribution >= 4 is 11.4 Å². The number of piperidine rings is 1. The minimum Gasteiger partial charge on any atom is -0.348 e. The molecular formula is C17H21N3O. The molecule has 110 valence electrons. The van der Waals surface area contributed by atoms with Gasteiger partial charge in [-0.1, -0.05) is 0 Å². The van der Waals surface area contributed by atoms with Crippen LogP contribution in [0.25, 0.3) is 5.52 Å². The molecule has 4 rings (SSSR count). The van der Waals surface area contributed by atoms with Gasteiger partial charge in [-0.15, -0.1) is 0 Å². The minimum absolute atomic E-state index is 0.0516. The van der Waals surface area contributed by atoms with Gasteiger partial charge in [0.05, 0.1) is 5.56 Å². The SMILES string of the molecule is Cc1ccn2cc(C(=O)N[C@@H]3C[C@@H]4CCN(C4)C3)ccc12. The predicted molar refractivity (Wildman–Crippen MR) is 82.6 cm³/mol. The first-order valence-corrected chi connectivity index (χ1v) is 7.79. The molecule has 2 aromatic heterocycles. The highest BCUT2D eigenvalue weighted by Crippen LogP contribution is 2.26. The molecular weight excluding hydrogens is 262 g/mol. The quantitative estimate of drug-likeness (QED) is 0.916. The number of amides is 1. The maximum absolute atomic E-state index is 12.5. The van der Waals surface area contributed by atoms with Gasteiger partial charge in [0.15, 0.2) is 0 Å². The molecule has 1 unspecified atom stereocenters. The molecule has 2 aliphatic heterocycles. The standard InChI is InChI=1S/C17H21N3O/c1-12-4-7-20-10-14(2-3-16(12)20)17(21)18-15-8-13-5-6-19(9-13)11-15/h2-4,7,10,13,15H,5-6,8-9,11H2,1H3,(H,18,21)/t13-,15+/m0/s1. The van der Waals surface area contributed by atoms with Gasteiger partial charge < -0.3 is 14.6 Å². The van der Waals surface area contributed by atoms with E-state index < -0.39 is 0 Å². The summed E-state index contributed by atoms with van der Waals surface area (Å²) in [6, 6.07) is 6.33. The highest BCUT2D eigenvalue weighted by atomic mass is 16.1. The molecule has 2 bridgehead atoms. The first-order chi connectivity index (χ1) is 10.2. The van der Waals surface area contributed by atoms with Crippen LogP contribution in [0.4, 0.5) is 0 Å². The van der Waals surface area contributed by atoms with Gasteiger partial charge in [0.2, 0.25) is 0 Å². The van der Waals surface area contributed by atoms with E-state index in [1.54, 1.807) is 0 Å². The molecule has 0 aliphatic carbocycles. The first kappa shape index (κ1) is 12.9. The summed E-state index contributed by atoms with van der Waals surface area (Å²) in [7, 11) is 0. The zero-order valence-electron chi connectivity index (χ0n) is 12.4. The number of hydrogen-bond donors (Lipinski definition) is 1. The van der Waals surface area contributed by atoms with Crippen molar-refractivity contribution < 1.29 is 4.79 Å². The molecule has 2 saturated heterocycles. The Morgan fingerprint density at radius 2 is 2.19 bits per heavy atom. The van der Waals surface area contributed by atoms with E-state index in [2.05, 4.69) is 23.2 Å². The first-order valence-electron chi connectivity index (χ1n) is 7.79. The monoisotopic (exact) mass is 283 g/mol. The van der Waals surface area contributed by atoms with Crippen molar-refractivity contribution in [3.8, 4) is 0 Å². The van der Waals surface area contributed by atoms with E-state index in [0.29, 0.717) is 6.04 Å². The molecule has 0 saturated carbocycles. The molecule has 0 aromatic carbocycles. The van der Waals surface area contributed by atoms with Gasteiger partial charge in [-0.05, 0) is 56.0 Å². The summed E-state index contributed by atoms with van der Waals surface area (Å²) in [6.45, 7) is 5.51. The molecule has 0 spiro atoms. The number of rotatable bonds is 2. The molecule has 2 aliphatic rings. The van der Waals surface area contributed by atoms with E-state index in [4.69, 9.17) is 0 Å². The van der Waals surface area contributed by atoms with Crippen molar-refractivity contribution in [3.05, 3.63) is 41.7 Å². The van der Waals surface area contributed by atoms with Crippen LogP contribution in [0.5, 0.6) is 0 Å². The van der Waals surface area contributed by atoms with Crippen LogP contribution in [0.1, 0.15) is 28.8 Å². The summed E-state index contributed by atoms with van der Waals surface area (Å²) in [6.07, 6.45) is 6.36. The van der Waals surface area contributed by atoms with Gasteiger partial charge in [-0.3, -0.25) is 4.79 Å². The van der Waals surface area contributed by atoms with Crippen molar-refractivity contribution in [1.29, 1.82) is 0 Å².